The van der Waals surface area contributed by atoms with Gasteiger partial charge in [0, 0.05) is 41.7 Å². The molecule has 0 radical (unpaired) electrons. The van der Waals surface area contributed by atoms with Crippen molar-refractivity contribution in [3.63, 3.8) is 0 Å². The number of hydrogen-bond acceptors (Lipinski definition) is 3. The van der Waals surface area contributed by atoms with Crippen molar-refractivity contribution in [3.05, 3.63) is 64.1 Å². The number of rotatable bonds is 4. The fourth-order valence-corrected chi connectivity index (χ4v) is 4.66. The highest BCUT2D eigenvalue weighted by atomic mass is 35.5. The summed E-state index contributed by atoms with van der Waals surface area (Å²) >= 11 is 13.7. The Labute approximate surface area is 179 Å². The summed E-state index contributed by atoms with van der Waals surface area (Å²) < 4.78 is 0. The number of carbonyl (C=O) groups excluding carboxylic acids is 2. The van der Waals surface area contributed by atoms with Crippen molar-refractivity contribution in [1.29, 1.82) is 0 Å². The van der Waals surface area contributed by atoms with Gasteiger partial charge >= 0.3 is 0 Å². The van der Waals surface area contributed by atoms with Gasteiger partial charge in [-0.05, 0) is 43.7 Å². The molecule has 148 valence electrons. The molecule has 28 heavy (non-hydrogen) atoms. The predicted octanol–water partition coefficient (Wildman–Crippen LogP) is 4.85. The van der Waals surface area contributed by atoms with Gasteiger partial charge in [-0.25, -0.2) is 0 Å². The smallest absolute Gasteiger partial charge is 0.253 e. The van der Waals surface area contributed by atoms with Crippen LogP contribution in [0.25, 0.3) is 0 Å². The molecule has 1 atom stereocenters. The fraction of sp³-hybridized carbons (Fsp3) is 0.333. The zero-order valence-corrected chi connectivity index (χ0v) is 17.9. The third-order valence-electron chi connectivity index (χ3n) is 4.66. The summed E-state index contributed by atoms with van der Waals surface area (Å²) in [4.78, 5) is 30.1. The lowest BCUT2D eigenvalue weighted by Gasteiger charge is -2.25. The Bertz CT molecular complexity index is 848. The summed E-state index contributed by atoms with van der Waals surface area (Å²) in [6.45, 7) is 4.24. The van der Waals surface area contributed by atoms with E-state index >= 15 is 0 Å². The summed E-state index contributed by atoms with van der Waals surface area (Å²) in [5.41, 5.74) is 0.682. The standard InChI is InChI=1S/C21H22Cl2N2O2S/c1-15(28-19-14-17(22)8-9-18(19)23)20(26)24-10-5-11-25(13-12-24)21(27)16-6-3-2-4-7-16/h2-4,6-9,14-15H,5,10-13H2,1H3. The second kappa shape index (κ2) is 9.68. The molecule has 1 aliphatic heterocycles. The first kappa shape index (κ1) is 21.0. The van der Waals surface area contributed by atoms with Gasteiger partial charge in [0.2, 0.25) is 5.91 Å². The molecule has 1 fully saturated rings. The van der Waals surface area contributed by atoms with Gasteiger partial charge in [-0.2, -0.15) is 0 Å². The van der Waals surface area contributed by atoms with E-state index in [4.69, 9.17) is 23.2 Å². The minimum atomic E-state index is -0.285. The van der Waals surface area contributed by atoms with Gasteiger partial charge in [-0.1, -0.05) is 41.4 Å². The van der Waals surface area contributed by atoms with Gasteiger partial charge < -0.3 is 9.80 Å². The first-order chi connectivity index (χ1) is 13.5. The van der Waals surface area contributed by atoms with Crippen LogP contribution in [0.4, 0.5) is 0 Å². The van der Waals surface area contributed by atoms with Crippen LogP contribution in [0.15, 0.2) is 53.4 Å². The molecule has 2 amide bonds. The van der Waals surface area contributed by atoms with Gasteiger partial charge in [-0.3, -0.25) is 9.59 Å². The molecule has 1 heterocycles. The maximum atomic E-state index is 12.9. The van der Waals surface area contributed by atoms with Crippen molar-refractivity contribution in [2.45, 2.75) is 23.5 Å². The molecule has 0 bridgehead atoms. The van der Waals surface area contributed by atoms with E-state index in [0.717, 1.165) is 11.3 Å². The van der Waals surface area contributed by atoms with E-state index < -0.39 is 0 Å². The van der Waals surface area contributed by atoms with Crippen LogP contribution >= 0.6 is 35.0 Å². The van der Waals surface area contributed by atoms with Crippen LogP contribution in [0.2, 0.25) is 10.0 Å². The summed E-state index contributed by atoms with van der Waals surface area (Å²) in [7, 11) is 0. The summed E-state index contributed by atoms with van der Waals surface area (Å²) in [6.07, 6.45) is 0.764. The van der Waals surface area contributed by atoms with Crippen molar-refractivity contribution in [2.75, 3.05) is 26.2 Å². The highest BCUT2D eigenvalue weighted by Gasteiger charge is 2.26. The molecule has 4 nitrogen and oxygen atoms in total. The molecule has 2 aromatic rings. The summed E-state index contributed by atoms with van der Waals surface area (Å²) in [5, 5.41) is 0.897. The molecule has 7 heteroatoms. The number of amides is 2. The van der Waals surface area contributed by atoms with Crippen LogP contribution in [-0.4, -0.2) is 53.0 Å². The third-order valence-corrected chi connectivity index (χ3v) is 6.48. The fourth-order valence-electron chi connectivity index (χ4n) is 3.17. The second-order valence-corrected chi connectivity index (χ2v) is 8.90. The summed E-state index contributed by atoms with van der Waals surface area (Å²) in [6, 6.07) is 14.5. The molecule has 1 unspecified atom stereocenters. The number of carbonyl (C=O) groups is 2. The van der Waals surface area contributed by atoms with E-state index in [1.54, 1.807) is 18.2 Å². The van der Waals surface area contributed by atoms with Crippen LogP contribution in [0.5, 0.6) is 0 Å². The van der Waals surface area contributed by atoms with E-state index in [0.29, 0.717) is 41.8 Å². The first-order valence-electron chi connectivity index (χ1n) is 9.20. The minimum Gasteiger partial charge on any atom is -0.340 e. The lowest BCUT2D eigenvalue weighted by Crippen LogP contribution is -2.40. The predicted molar refractivity (Wildman–Crippen MR) is 115 cm³/mol. The van der Waals surface area contributed by atoms with E-state index in [-0.39, 0.29) is 17.1 Å². The lowest BCUT2D eigenvalue weighted by molar-refractivity contribution is -0.130. The molecule has 1 saturated heterocycles. The molecular weight excluding hydrogens is 415 g/mol. The monoisotopic (exact) mass is 436 g/mol. The highest BCUT2D eigenvalue weighted by Crippen LogP contribution is 2.33. The average Bonchev–Trinajstić information content (AvgIpc) is 2.96. The largest absolute Gasteiger partial charge is 0.340 e. The van der Waals surface area contributed by atoms with Crippen LogP contribution in [0, 0.1) is 0 Å². The van der Waals surface area contributed by atoms with Crippen LogP contribution in [0.1, 0.15) is 23.7 Å². The Morgan fingerprint density at radius 3 is 2.39 bits per heavy atom. The van der Waals surface area contributed by atoms with Gasteiger partial charge in [0.25, 0.3) is 5.91 Å². The van der Waals surface area contributed by atoms with Crippen LogP contribution in [0.3, 0.4) is 0 Å². The quantitative estimate of drug-likeness (QED) is 0.643. The lowest BCUT2D eigenvalue weighted by atomic mass is 10.2. The average molecular weight is 437 g/mol. The first-order valence-corrected chi connectivity index (χ1v) is 10.8. The van der Waals surface area contributed by atoms with E-state index in [2.05, 4.69) is 0 Å². The van der Waals surface area contributed by atoms with E-state index in [9.17, 15) is 9.59 Å². The minimum absolute atomic E-state index is 0.0167. The molecule has 0 aromatic heterocycles. The number of halogens is 2. The molecule has 3 rings (SSSR count). The molecule has 1 aliphatic rings. The van der Waals surface area contributed by atoms with E-state index in [1.165, 1.54) is 11.8 Å². The van der Waals surface area contributed by atoms with Crippen molar-refractivity contribution < 1.29 is 9.59 Å². The zero-order valence-electron chi connectivity index (χ0n) is 15.6. The molecule has 2 aromatic carbocycles. The van der Waals surface area contributed by atoms with Gasteiger partial charge in [0.1, 0.15) is 0 Å². The maximum absolute atomic E-state index is 12.9. The second-order valence-electron chi connectivity index (χ2n) is 6.67. The van der Waals surface area contributed by atoms with E-state index in [1.807, 2.05) is 47.1 Å². The molecule has 0 aliphatic carbocycles. The normalized spacial score (nSPS) is 15.8. The van der Waals surface area contributed by atoms with Crippen molar-refractivity contribution >= 4 is 46.8 Å². The molecule has 0 saturated carbocycles. The van der Waals surface area contributed by atoms with Crippen molar-refractivity contribution in [3.8, 4) is 0 Å². The zero-order chi connectivity index (χ0) is 20.1. The Hall–Kier alpha value is -1.69. The Morgan fingerprint density at radius 1 is 0.964 bits per heavy atom. The Kier molecular flexibility index (Phi) is 7.27. The Balaban J connectivity index is 1.60. The molecule has 0 spiro atoms. The topological polar surface area (TPSA) is 40.6 Å². The third kappa shape index (κ3) is 5.22. The molecular formula is C21H22Cl2N2O2S. The number of thioether (sulfide) groups is 1. The van der Waals surface area contributed by atoms with Crippen molar-refractivity contribution in [1.82, 2.24) is 9.80 Å². The molecule has 0 N–H and O–H groups in total. The van der Waals surface area contributed by atoms with Crippen molar-refractivity contribution in [2.24, 2.45) is 0 Å². The number of nitrogens with zero attached hydrogens (tertiary/aromatic N) is 2. The van der Waals surface area contributed by atoms with Gasteiger partial charge in [0.05, 0.1) is 10.3 Å². The highest BCUT2D eigenvalue weighted by molar-refractivity contribution is 8.00. The van der Waals surface area contributed by atoms with Crippen LogP contribution in [-0.2, 0) is 4.79 Å². The SMILES string of the molecule is CC(Sc1cc(Cl)ccc1Cl)C(=O)N1CCCN(C(=O)c2ccccc2)CC1. The Morgan fingerprint density at radius 2 is 1.64 bits per heavy atom. The van der Waals surface area contributed by atoms with Gasteiger partial charge in [0.15, 0.2) is 0 Å². The summed E-state index contributed by atoms with van der Waals surface area (Å²) in [5.74, 6) is 0.0677. The maximum Gasteiger partial charge on any atom is 0.253 e. The van der Waals surface area contributed by atoms with Gasteiger partial charge in [-0.15, -0.1) is 11.8 Å². The number of benzene rings is 2. The van der Waals surface area contributed by atoms with Crippen LogP contribution < -0.4 is 0 Å². The number of hydrogen-bond donors (Lipinski definition) is 0.